The number of nitrogens with two attached hydrogens (primary N) is 1. The number of nitrogen functional groups attached to an aromatic ring is 1. The number of anilines is 1. The first-order valence-corrected chi connectivity index (χ1v) is 4.85. The molecule has 0 radical (unpaired) electrons. The SMILES string of the molecule is Cc1cc(C)cc(-c2nc(C#N)c(N)o2)c1. The lowest BCUT2D eigenvalue weighted by Crippen LogP contribution is -1.84. The molecule has 0 atom stereocenters. The van der Waals surface area contributed by atoms with Gasteiger partial charge in [0.2, 0.25) is 17.5 Å². The summed E-state index contributed by atoms with van der Waals surface area (Å²) in [6, 6.07) is 7.83. The fraction of sp³-hybridized carbons (Fsp3) is 0.167. The third-order valence-electron chi connectivity index (χ3n) is 2.23. The zero-order chi connectivity index (χ0) is 11.7. The summed E-state index contributed by atoms with van der Waals surface area (Å²) in [4.78, 5) is 4.03. The Morgan fingerprint density at radius 1 is 1.25 bits per heavy atom. The maximum Gasteiger partial charge on any atom is 0.230 e. The first kappa shape index (κ1) is 10.2. The van der Waals surface area contributed by atoms with Crippen LogP contribution in [-0.4, -0.2) is 4.98 Å². The molecule has 0 spiro atoms. The molecule has 0 saturated carbocycles. The molecule has 4 heteroatoms. The van der Waals surface area contributed by atoms with Crippen LogP contribution in [0, 0.1) is 25.2 Å². The van der Waals surface area contributed by atoms with E-state index in [1.54, 1.807) is 0 Å². The second-order valence-electron chi connectivity index (χ2n) is 3.72. The zero-order valence-corrected chi connectivity index (χ0v) is 9.11. The Morgan fingerprint density at radius 2 is 1.88 bits per heavy atom. The van der Waals surface area contributed by atoms with E-state index in [1.165, 1.54) is 0 Å². The van der Waals surface area contributed by atoms with Gasteiger partial charge in [0.1, 0.15) is 6.07 Å². The second kappa shape index (κ2) is 3.70. The van der Waals surface area contributed by atoms with Crippen molar-refractivity contribution in [2.24, 2.45) is 0 Å². The predicted octanol–water partition coefficient (Wildman–Crippen LogP) is 2.41. The normalized spacial score (nSPS) is 10.1. The molecule has 2 N–H and O–H groups in total. The first-order valence-electron chi connectivity index (χ1n) is 4.85. The van der Waals surface area contributed by atoms with Crippen LogP contribution in [0.5, 0.6) is 0 Å². The highest BCUT2D eigenvalue weighted by atomic mass is 16.4. The Balaban J connectivity index is 2.55. The lowest BCUT2D eigenvalue weighted by Gasteiger charge is -2.00. The predicted molar refractivity (Wildman–Crippen MR) is 60.5 cm³/mol. The quantitative estimate of drug-likeness (QED) is 0.789. The summed E-state index contributed by atoms with van der Waals surface area (Å²) < 4.78 is 5.25. The summed E-state index contributed by atoms with van der Waals surface area (Å²) in [6.45, 7) is 3.99. The van der Waals surface area contributed by atoms with Gasteiger partial charge in [0.25, 0.3) is 0 Å². The minimum atomic E-state index is 0.0664. The largest absolute Gasteiger partial charge is 0.419 e. The third-order valence-corrected chi connectivity index (χ3v) is 2.23. The Kier molecular flexibility index (Phi) is 2.37. The third kappa shape index (κ3) is 1.75. The molecular weight excluding hydrogens is 202 g/mol. The summed E-state index contributed by atoms with van der Waals surface area (Å²) in [5, 5.41) is 8.74. The summed E-state index contributed by atoms with van der Waals surface area (Å²) in [6.07, 6.45) is 0. The Hall–Kier alpha value is -2.28. The highest BCUT2D eigenvalue weighted by Crippen LogP contribution is 2.24. The maximum atomic E-state index is 8.74. The van der Waals surface area contributed by atoms with Crippen LogP contribution >= 0.6 is 0 Å². The molecule has 4 nitrogen and oxygen atoms in total. The number of rotatable bonds is 1. The molecule has 0 unspecified atom stereocenters. The number of oxazole rings is 1. The average molecular weight is 213 g/mol. The number of nitriles is 1. The summed E-state index contributed by atoms with van der Waals surface area (Å²) in [7, 11) is 0. The molecule has 0 bridgehead atoms. The molecule has 0 saturated heterocycles. The van der Waals surface area contributed by atoms with E-state index in [2.05, 4.69) is 11.1 Å². The van der Waals surface area contributed by atoms with Crippen molar-refractivity contribution in [1.29, 1.82) is 5.26 Å². The van der Waals surface area contributed by atoms with Crippen molar-refractivity contribution >= 4 is 5.88 Å². The van der Waals surface area contributed by atoms with Gasteiger partial charge < -0.3 is 10.2 Å². The van der Waals surface area contributed by atoms with Crippen molar-refractivity contribution in [1.82, 2.24) is 4.98 Å². The summed E-state index contributed by atoms with van der Waals surface area (Å²) in [5.74, 6) is 0.456. The van der Waals surface area contributed by atoms with Crippen molar-refractivity contribution in [3.8, 4) is 17.5 Å². The van der Waals surface area contributed by atoms with Gasteiger partial charge in [-0.25, -0.2) is 0 Å². The minimum absolute atomic E-state index is 0.0664. The molecule has 1 aromatic heterocycles. The molecule has 2 aromatic rings. The van der Waals surface area contributed by atoms with Gasteiger partial charge in [0.05, 0.1) is 0 Å². The van der Waals surface area contributed by atoms with Gasteiger partial charge in [-0.2, -0.15) is 10.2 Å². The van der Waals surface area contributed by atoms with Crippen molar-refractivity contribution in [2.75, 3.05) is 5.73 Å². The number of benzene rings is 1. The van der Waals surface area contributed by atoms with Crippen LogP contribution in [-0.2, 0) is 0 Å². The van der Waals surface area contributed by atoms with Crippen LogP contribution in [0.3, 0.4) is 0 Å². The molecule has 2 rings (SSSR count). The van der Waals surface area contributed by atoms with E-state index < -0.39 is 0 Å². The van der Waals surface area contributed by atoms with Crippen molar-refractivity contribution in [3.63, 3.8) is 0 Å². The number of aryl methyl sites for hydroxylation is 2. The lowest BCUT2D eigenvalue weighted by molar-refractivity contribution is 0.593. The van der Waals surface area contributed by atoms with Gasteiger partial charge in [-0.05, 0) is 26.0 Å². The molecule has 80 valence electrons. The van der Waals surface area contributed by atoms with Crippen LogP contribution in [0.4, 0.5) is 5.88 Å². The van der Waals surface area contributed by atoms with Gasteiger partial charge in [-0.1, -0.05) is 17.2 Å². The molecule has 0 fully saturated rings. The molecule has 1 aromatic carbocycles. The first-order chi connectivity index (χ1) is 7.60. The summed E-state index contributed by atoms with van der Waals surface area (Å²) >= 11 is 0. The fourth-order valence-corrected chi connectivity index (χ4v) is 1.63. The van der Waals surface area contributed by atoms with Gasteiger partial charge in [-0.15, -0.1) is 0 Å². The van der Waals surface area contributed by atoms with Crippen LogP contribution in [0.25, 0.3) is 11.5 Å². The minimum Gasteiger partial charge on any atom is -0.419 e. The Labute approximate surface area is 93.3 Å². The molecular formula is C12H11N3O. The van der Waals surface area contributed by atoms with E-state index in [-0.39, 0.29) is 11.6 Å². The monoisotopic (exact) mass is 213 g/mol. The fourth-order valence-electron chi connectivity index (χ4n) is 1.63. The lowest BCUT2D eigenvalue weighted by atomic mass is 10.1. The van der Waals surface area contributed by atoms with E-state index in [4.69, 9.17) is 15.4 Å². The van der Waals surface area contributed by atoms with Crippen LogP contribution in [0.1, 0.15) is 16.8 Å². The number of hydrogen-bond acceptors (Lipinski definition) is 4. The van der Waals surface area contributed by atoms with Gasteiger partial charge in [0.15, 0.2) is 0 Å². The van der Waals surface area contributed by atoms with E-state index in [9.17, 15) is 0 Å². The topological polar surface area (TPSA) is 75.8 Å². The van der Waals surface area contributed by atoms with E-state index in [1.807, 2.05) is 32.0 Å². The number of hydrogen-bond donors (Lipinski definition) is 1. The van der Waals surface area contributed by atoms with Crippen molar-refractivity contribution in [3.05, 3.63) is 35.0 Å². The molecule has 0 amide bonds. The van der Waals surface area contributed by atoms with Crippen LogP contribution in [0.15, 0.2) is 22.6 Å². The van der Waals surface area contributed by atoms with E-state index >= 15 is 0 Å². The van der Waals surface area contributed by atoms with Gasteiger partial charge >= 0.3 is 0 Å². The van der Waals surface area contributed by atoms with E-state index in [0.717, 1.165) is 16.7 Å². The van der Waals surface area contributed by atoms with Crippen LogP contribution in [0.2, 0.25) is 0 Å². The molecule has 0 aliphatic heterocycles. The van der Waals surface area contributed by atoms with Gasteiger partial charge in [0, 0.05) is 5.56 Å². The van der Waals surface area contributed by atoms with E-state index in [0.29, 0.717) is 5.89 Å². The Morgan fingerprint density at radius 3 is 2.38 bits per heavy atom. The Bertz CT molecular complexity index is 558. The van der Waals surface area contributed by atoms with Crippen LogP contribution < -0.4 is 5.73 Å². The van der Waals surface area contributed by atoms with Gasteiger partial charge in [-0.3, -0.25) is 0 Å². The van der Waals surface area contributed by atoms with Crippen molar-refractivity contribution < 1.29 is 4.42 Å². The average Bonchev–Trinajstić information content (AvgIpc) is 2.58. The summed E-state index contributed by atoms with van der Waals surface area (Å²) in [5.41, 5.74) is 8.72. The smallest absolute Gasteiger partial charge is 0.230 e. The number of aromatic nitrogens is 1. The number of nitrogens with zero attached hydrogens (tertiary/aromatic N) is 2. The standard InChI is InChI=1S/C12H11N3O/c1-7-3-8(2)5-9(4-7)12-15-10(6-13)11(14)16-12/h3-5H,14H2,1-2H3. The highest BCUT2D eigenvalue weighted by molar-refractivity contribution is 5.59. The highest BCUT2D eigenvalue weighted by Gasteiger charge is 2.11. The van der Waals surface area contributed by atoms with Crippen molar-refractivity contribution in [2.45, 2.75) is 13.8 Å². The maximum absolute atomic E-state index is 8.74. The molecule has 0 aliphatic rings. The molecule has 0 aliphatic carbocycles. The molecule has 16 heavy (non-hydrogen) atoms. The zero-order valence-electron chi connectivity index (χ0n) is 9.11. The second-order valence-corrected chi connectivity index (χ2v) is 3.72. The molecule has 1 heterocycles.